The molecule has 2 aromatic carbocycles. The molecule has 0 aliphatic heterocycles. The van der Waals surface area contributed by atoms with Gasteiger partial charge in [0, 0.05) is 5.56 Å². The highest BCUT2D eigenvalue weighted by atomic mass is 32.1. The Kier molecular flexibility index (Phi) is 4.31. The molecule has 1 aromatic heterocycles. The van der Waals surface area contributed by atoms with Crippen LogP contribution in [0.4, 0.5) is 0 Å². The average Bonchev–Trinajstić information content (AvgIpc) is 2.91. The van der Waals surface area contributed by atoms with Gasteiger partial charge >= 0.3 is 0 Å². The van der Waals surface area contributed by atoms with Crippen LogP contribution in [0.3, 0.4) is 0 Å². The minimum Gasteiger partial charge on any atom is -0.507 e. The molecule has 0 fully saturated rings. The van der Waals surface area contributed by atoms with E-state index in [2.05, 4.69) is 15.3 Å². The summed E-state index contributed by atoms with van der Waals surface area (Å²) in [7, 11) is 0. The third kappa shape index (κ3) is 3.14. The van der Waals surface area contributed by atoms with E-state index in [1.807, 2.05) is 57.2 Å². The third-order valence-corrected chi connectivity index (χ3v) is 4.03. The average molecular weight is 338 g/mol. The van der Waals surface area contributed by atoms with Gasteiger partial charge in [0.25, 0.3) is 0 Å². The Morgan fingerprint density at radius 3 is 2.54 bits per heavy atom. The summed E-state index contributed by atoms with van der Waals surface area (Å²) in [5.74, 6) is 0.972. The molecule has 0 aliphatic carbocycles. The SMILES string of the molecule is Cc1cccc(-c2n[nH]c(=S)n2/N=C\c2cc(C)c(O)c(C)c2)c1. The van der Waals surface area contributed by atoms with Crippen LogP contribution in [-0.2, 0) is 0 Å². The van der Waals surface area contributed by atoms with Gasteiger partial charge in [0.05, 0.1) is 6.21 Å². The van der Waals surface area contributed by atoms with Crippen LogP contribution in [0.5, 0.6) is 5.75 Å². The van der Waals surface area contributed by atoms with Crippen LogP contribution in [0.2, 0.25) is 0 Å². The number of hydrogen-bond donors (Lipinski definition) is 2. The fourth-order valence-electron chi connectivity index (χ4n) is 2.56. The molecule has 0 unspecified atom stereocenters. The van der Waals surface area contributed by atoms with Crippen molar-refractivity contribution in [1.82, 2.24) is 14.9 Å². The molecule has 1 heterocycles. The highest BCUT2D eigenvalue weighted by Gasteiger charge is 2.08. The zero-order chi connectivity index (χ0) is 17.3. The van der Waals surface area contributed by atoms with E-state index in [4.69, 9.17) is 12.2 Å². The van der Waals surface area contributed by atoms with Gasteiger partial charge in [0.1, 0.15) is 5.75 Å². The maximum absolute atomic E-state index is 9.86. The Bertz CT molecular complexity index is 962. The molecule has 0 amide bonds. The highest BCUT2D eigenvalue weighted by Crippen LogP contribution is 2.22. The lowest BCUT2D eigenvalue weighted by molar-refractivity contribution is 0.467. The Hall–Kier alpha value is -2.73. The summed E-state index contributed by atoms with van der Waals surface area (Å²) in [6.07, 6.45) is 1.71. The fraction of sp³-hybridized carbons (Fsp3) is 0.167. The van der Waals surface area contributed by atoms with E-state index in [0.29, 0.717) is 16.3 Å². The van der Waals surface area contributed by atoms with E-state index in [9.17, 15) is 5.11 Å². The summed E-state index contributed by atoms with van der Waals surface area (Å²) < 4.78 is 2.02. The van der Waals surface area contributed by atoms with Crippen molar-refractivity contribution >= 4 is 18.4 Å². The molecule has 122 valence electrons. The van der Waals surface area contributed by atoms with Gasteiger partial charge in [-0.1, -0.05) is 23.8 Å². The largest absolute Gasteiger partial charge is 0.507 e. The molecule has 3 aromatic rings. The van der Waals surface area contributed by atoms with Crippen molar-refractivity contribution in [2.24, 2.45) is 5.10 Å². The molecule has 3 rings (SSSR count). The summed E-state index contributed by atoms with van der Waals surface area (Å²) >= 11 is 5.28. The quantitative estimate of drug-likeness (QED) is 0.557. The van der Waals surface area contributed by atoms with Crippen molar-refractivity contribution in [3.63, 3.8) is 0 Å². The normalized spacial score (nSPS) is 11.3. The van der Waals surface area contributed by atoms with E-state index in [-0.39, 0.29) is 0 Å². The minimum absolute atomic E-state index is 0.313. The number of hydrogen-bond acceptors (Lipinski definition) is 4. The maximum Gasteiger partial charge on any atom is 0.216 e. The number of phenolic OH excluding ortho intramolecular Hbond substituents is 1. The first-order chi connectivity index (χ1) is 11.5. The number of phenols is 1. The molecule has 6 heteroatoms. The molecule has 0 atom stereocenters. The van der Waals surface area contributed by atoms with Gasteiger partial charge in [-0.3, -0.25) is 0 Å². The zero-order valence-corrected chi connectivity index (χ0v) is 14.6. The smallest absolute Gasteiger partial charge is 0.216 e. The van der Waals surface area contributed by atoms with Crippen LogP contribution in [0.25, 0.3) is 11.4 Å². The number of aryl methyl sites for hydroxylation is 3. The Labute approximate surface area is 145 Å². The third-order valence-electron chi connectivity index (χ3n) is 3.76. The molecule has 0 spiro atoms. The van der Waals surface area contributed by atoms with Crippen LogP contribution in [0, 0.1) is 25.5 Å². The number of nitrogens with zero attached hydrogens (tertiary/aromatic N) is 3. The van der Waals surface area contributed by atoms with Crippen molar-refractivity contribution < 1.29 is 5.11 Å². The first-order valence-electron chi connectivity index (χ1n) is 7.55. The molecule has 0 saturated heterocycles. The second kappa shape index (κ2) is 6.41. The Morgan fingerprint density at radius 2 is 1.88 bits per heavy atom. The molecular formula is C18H18N4OS. The molecule has 5 nitrogen and oxygen atoms in total. The predicted molar refractivity (Wildman–Crippen MR) is 98.2 cm³/mol. The van der Waals surface area contributed by atoms with Crippen LogP contribution in [-0.4, -0.2) is 26.2 Å². The molecule has 0 saturated carbocycles. The van der Waals surface area contributed by atoms with E-state index >= 15 is 0 Å². The summed E-state index contributed by atoms with van der Waals surface area (Å²) in [6, 6.07) is 11.8. The molecule has 0 radical (unpaired) electrons. The maximum atomic E-state index is 9.86. The summed E-state index contributed by atoms with van der Waals surface area (Å²) in [6.45, 7) is 5.75. The number of aromatic nitrogens is 3. The van der Waals surface area contributed by atoms with Gasteiger partial charge in [-0.05, 0) is 67.9 Å². The van der Waals surface area contributed by atoms with Crippen LogP contribution < -0.4 is 0 Å². The van der Waals surface area contributed by atoms with Gasteiger partial charge in [-0.2, -0.15) is 14.9 Å². The lowest BCUT2D eigenvalue weighted by atomic mass is 10.1. The second-order valence-corrected chi connectivity index (χ2v) is 6.17. The first kappa shape index (κ1) is 16.1. The fourth-order valence-corrected chi connectivity index (χ4v) is 2.74. The Morgan fingerprint density at radius 1 is 1.17 bits per heavy atom. The van der Waals surface area contributed by atoms with Gasteiger partial charge in [-0.15, -0.1) is 0 Å². The van der Waals surface area contributed by atoms with E-state index in [0.717, 1.165) is 27.8 Å². The number of rotatable bonds is 3. The van der Waals surface area contributed by atoms with Crippen LogP contribution >= 0.6 is 12.2 Å². The number of benzene rings is 2. The van der Waals surface area contributed by atoms with Crippen molar-refractivity contribution in [3.8, 4) is 17.1 Å². The number of nitrogens with one attached hydrogen (secondary N) is 1. The topological polar surface area (TPSA) is 66.2 Å². The standard InChI is InChI=1S/C18H18N4OS/c1-11-5-4-6-15(7-11)17-20-21-18(24)22(17)19-10-14-8-12(2)16(23)13(3)9-14/h4-10,23H,1-3H3,(H,21,24)/b19-10-. The van der Waals surface area contributed by atoms with E-state index < -0.39 is 0 Å². The van der Waals surface area contributed by atoms with Gasteiger partial charge in [-0.25, -0.2) is 5.10 Å². The van der Waals surface area contributed by atoms with Crippen molar-refractivity contribution in [3.05, 3.63) is 63.4 Å². The molecule has 0 bridgehead atoms. The minimum atomic E-state index is 0.313. The molecule has 2 N–H and O–H groups in total. The van der Waals surface area contributed by atoms with E-state index in [1.54, 1.807) is 10.9 Å². The number of aromatic hydroxyl groups is 1. The van der Waals surface area contributed by atoms with Gasteiger partial charge in [0.2, 0.25) is 4.77 Å². The first-order valence-corrected chi connectivity index (χ1v) is 7.95. The summed E-state index contributed by atoms with van der Waals surface area (Å²) in [4.78, 5) is 0. The lowest BCUT2D eigenvalue weighted by Crippen LogP contribution is -1.96. The zero-order valence-electron chi connectivity index (χ0n) is 13.7. The van der Waals surface area contributed by atoms with Crippen LogP contribution in [0.15, 0.2) is 41.5 Å². The van der Waals surface area contributed by atoms with Crippen molar-refractivity contribution in [2.75, 3.05) is 0 Å². The van der Waals surface area contributed by atoms with Gasteiger partial charge in [0.15, 0.2) is 5.82 Å². The van der Waals surface area contributed by atoms with Gasteiger partial charge < -0.3 is 5.11 Å². The van der Waals surface area contributed by atoms with E-state index in [1.165, 1.54) is 0 Å². The lowest BCUT2D eigenvalue weighted by Gasteiger charge is -2.05. The molecular weight excluding hydrogens is 320 g/mol. The predicted octanol–water partition coefficient (Wildman–Crippen LogP) is 4.12. The Balaban J connectivity index is 2.02. The highest BCUT2D eigenvalue weighted by molar-refractivity contribution is 7.71. The van der Waals surface area contributed by atoms with Crippen molar-refractivity contribution in [2.45, 2.75) is 20.8 Å². The monoisotopic (exact) mass is 338 g/mol. The number of H-pyrrole nitrogens is 1. The number of aromatic amines is 1. The molecule has 24 heavy (non-hydrogen) atoms. The summed E-state index contributed by atoms with van der Waals surface area (Å²) in [5, 5.41) is 21.4. The second-order valence-electron chi connectivity index (χ2n) is 5.78. The van der Waals surface area contributed by atoms with Crippen LogP contribution in [0.1, 0.15) is 22.3 Å². The van der Waals surface area contributed by atoms with Crippen molar-refractivity contribution in [1.29, 1.82) is 0 Å². The molecule has 0 aliphatic rings. The summed E-state index contributed by atoms with van der Waals surface area (Å²) in [5.41, 5.74) is 4.60.